The molecule has 19 heavy (non-hydrogen) atoms. The lowest BCUT2D eigenvalue weighted by Gasteiger charge is -2.34. The molecule has 0 unspecified atom stereocenters. The molecule has 0 spiro atoms. The predicted molar refractivity (Wildman–Crippen MR) is 66.4 cm³/mol. The van der Waals surface area contributed by atoms with Crippen molar-refractivity contribution in [2.45, 2.75) is 49.8 Å². The predicted octanol–water partition coefficient (Wildman–Crippen LogP) is 0.949. The molecule has 0 bridgehead atoms. The molecule has 1 saturated heterocycles. The first kappa shape index (κ1) is 14.3. The van der Waals surface area contributed by atoms with E-state index in [0.717, 1.165) is 0 Å². The van der Waals surface area contributed by atoms with Gasteiger partial charge in [-0.25, -0.2) is 4.79 Å². The Morgan fingerprint density at radius 2 is 1.84 bits per heavy atom. The lowest BCUT2D eigenvalue weighted by atomic mass is 9.83. The van der Waals surface area contributed by atoms with Crippen LogP contribution in [-0.4, -0.2) is 41.0 Å². The summed E-state index contributed by atoms with van der Waals surface area (Å²) in [5, 5.41) is 0. The quantitative estimate of drug-likeness (QED) is 0.425. The molecule has 2 rings (SSSR count). The monoisotopic (exact) mass is 334 g/mol. The number of carbonyl (C=O) groups is 3. The van der Waals surface area contributed by atoms with Crippen LogP contribution in [0.15, 0.2) is 0 Å². The Balaban J connectivity index is 2.08. The molecular formula is C12H15BrO6. The Morgan fingerprint density at radius 3 is 2.42 bits per heavy atom. The topological polar surface area (TPSA) is 78.9 Å². The smallest absolute Gasteiger partial charge is 0.348 e. The normalized spacial score (nSPS) is 37.2. The maximum Gasteiger partial charge on any atom is 0.348 e. The van der Waals surface area contributed by atoms with Crippen molar-refractivity contribution in [3.8, 4) is 0 Å². The van der Waals surface area contributed by atoms with Crippen LogP contribution in [0.2, 0.25) is 0 Å². The summed E-state index contributed by atoms with van der Waals surface area (Å²) in [7, 11) is 0. The molecule has 2 aliphatic rings. The van der Waals surface area contributed by atoms with Gasteiger partial charge in [-0.05, 0) is 12.8 Å². The molecule has 2 fully saturated rings. The number of hydrogen-bond donors (Lipinski definition) is 0. The van der Waals surface area contributed by atoms with E-state index in [0.29, 0.717) is 12.8 Å². The zero-order valence-electron chi connectivity index (χ0n) is 10.6. The molecule has 1 saturated carbocycles. The van der Waals surface area contributed by atoms with Gasteiger partial charge in [-0.1, -0.05) is 15.9 Å². The molecule has 0 N–H and O–H groups in total. The summed E-state index contributed by atoms with van der Waals surface area (Å²) in [5.41, 5.74) is 0. The Bertz CT molecular complexity index is 409. The minimum absolute atomic E-state index is 0.187. The van der Waals surface area contributed by atoms with Crippen molar-refractivity contribution in [1.29, 1.82) is 0 Å². The number of rotatable bonds is 2. The van der Waals surface area contributed by atoms with E-state index in [4.69, 9.17) is 14.2 Å². The van der Waals surface area contributed by atoms with Crippen molar-refractivity contribution in [3.05, 3.63) is 0 Å². The van der Waals surface area contributed by atoms with Crippen LogP contribution in [0.3, 0.4) is 0 Å². The van der Waals surface area contributed by atoms with Crippen LogP contribution in [-0.2, 0) is 28.6 Å². The third-order valence-electron chi connectivity index (χ3n) is 3.36. The lowest BCUT2D eigenvalue weighted by molar-refractivity contribution is -0.160. The van der Waals surface area contributed by atoms with Crippen LogP contribution in [0.1, 0.15) is 26.7 Å². The van der Waals surface area contributed by atoms with Gasteiger partial charge in [0.05, 0.1) is 4.83 Å². The highest BCUT2D eigenvalue weighted by Crippen LogP contribution is 2.41. The molecule has 1 aliphatic carbocycles. The lowest BCUT2D eigenvalue weighted by Crippen LogP contribution is -2.45. The summed E-state index contributed by atoms with van der Waals surface area (Å²) in [6.45, 7) is 2.60. The molecule has 0 aromatic carbocycles. The summed E-state index contributed by atoms with van der Waals surface area (Å²) in [6.07, 6.45) is -0.405. The van der Waals surface area contributed by atoms with Crippen molar-refractivity contribution in [2.24, 2.45) is 5.92 Å². The molecule has 7 heteroatoms. The fraction of sp³-hybridized carbons (Fsp3) is 0.750. The Kier molecular flexibility index (Phi) is 4.13. The largest absolute Gasteiger partial charge is 0.461 e. The molecule has 0 aromatic rings. The van der Waals surface area contributed by atoms with Gasteiger partial charge in [-0.2, -0.15) is 0 Å². The maximum absolute atomic E-state index is 11.7. The molecule has 106 valence electrons. The minimum atomic E-state index is -0.846. The Hall–Kier alpha value is -1.11. The molecule has 5 atom stereocenters. The van der Waals surface area contributed by atoms with Crippen LogP contribution in [0, 0.1) is 5.92 Å². The van der Waals surface area contributed by atoms with E-state index < -0.39 is 24.1 Å². The van der Waals surface area contributed by atoms with Crippen LogP contribution in [0.4, 0.5) is 0 Å². The number of ether oxygens (including phenoxy) is 3. The van der Waals surface area contributed by atoms with E-state index in [1.807, 2.05) is 0 Å². The number of alkyl halides is 1. The Labute approximate surface area is 118 Å². The number of carbonyl (C=O) groups excluding carboxylic acids is 3. The third-order valence-corrected chi connectivity index (χ3v) is 4.47. The second kappa shape index (κ2) is 5.48. The first-order chi connectivity index (χ1) is 8.90. The second-order valence-electron chi connectivity index (χ2n) is 4.77. The minimum Gasteiger partial charge on any atom is -0.461 e. The van der Waals surface area contributed by atoms with E-state index in [9.17, 15) is 14.4 Å². The molecule has 0 aromatic heterocycles. The van der Waals surface area contributed by atoms with Gasteiger partial charge in [0.15, 0.2) is 0 Å². The zero-order chi connectivity index (χ0) is 14.2. The summed E-state index contributed by atoms with van der Waals surface area (Å²) in [5.74, 6) is -1.59. The highest BCUT2D eigenvalue weighted by atomic mass is 79.9. The highest BCUT2D eigenvalue weighted by Gasteiger charge is 2.54. The van der Waals surface area contributed by atoms with Crippen LogP contribution in [0.25, 0.3) is 0 Å². The fourth-order valence-corrected chi connectivity index (χ4v) is 3.50. The van der Waals surface area contributed by atoms with Gasteiger partial charge in [0.25, 0.3) is 0 Å². The van der Waals surface area contributed by atoms with Crippen LogP contribution in [0.5, 0.6) is 0 Å². The molecular weight excluding hydrogens is 320 g/mol. The summed E-state index contributed by atoms with van der Waals surface area (Å²) in [6, 6.07) is 0. The van der Waals surface area contributed by atoms with E-state index in [1.165, 1.54) is 13.8 Å². The van der Waals surface area contributed by atoms with Gasteiger partial charge in [0.2, 0.25) is 6.10 Å². The first-order valence-corrected chi connectivity index (χ1v) is 7.00. The second-order valence-corrected chi connectivity index (χ2v) is 5.82. The van der Waals surface area contributed by atoms with Crippen molar-refractivity contribution >= 4 is 33.8 Å². The third kappa shape index (κ3) is 2.91. The standard InChI is InChI=1S/C12H15BrO6/c1-5(14)17-8-4-3-7-10(9(8)13)19-12(16)11(7)18-6(2)15/h7-11H,3-4H2,1-2H3/t7-,8-,9+,10-,11-/m1/s1. The van der Waals surface area contributed by atoms with Gasteiger partial charge in [-0.15, -0.1) is 0 Å². The first-order valence-electron chi connectivity index (χ1n) is 6.09. The van der Waals surface area contributed by atoms with Crippen molar-refractivity contribution in [3.63, 3.8) is 0 Å². The summed E-state index contributed by atoms with van der Waals surface area (Å²) in [4.78, 5) is 33.4. The maximum atomic E-state index is 11.7. The summed E-state index contributed by atoms with van der Waals surface area (Å²) >= 11 is 3.42. The number of hydrogen-bond acceptors (Lipinski definition) is 6. The van der Waals surface area contributed by atoms with Crippen LogP contribution >= 0.6 is 15.9 Å². The highest BCUT2D eigenvalue weighted by molar-refractivity contribution is 9.09. The van der Waals surface area contributed by atoms with Crippen molar-refractivity contribution < 1.29 is 28.6 Å². The van der Waals surface area contributed by atoms with Crippen LogP contribution < -0.4 is 0 Å². The molecule has 0 radical (unpaired) electrons. The average Bonchev–Trinajstić information content (AvgIpc) is 2.60. The van der Waals surface area contributed by atoms with Crippen molar-refractivity contribution in [1.82, 2.24) is 0 Å². The molecule has 1 heterocycles. The molecule has 0 amide bonds. The molecule has 6 nitrogen and oxygen atoms in total. The van der Waals surface area contributed by atoms with E-state index in [2.05, 4.69) is 15.9 Å². The van der Waals surface area contributed by atoms with Gasteiger partial charge in [0.1, 0.15) is 12.2 Å². The SMILES string of the molecule is CC(=O)O[C@@H]1CC[C@@H]2[C@@H](OC(=O)[C@@H]2OC(C)=O)[C@H]1Br. The zero-order valence-corrected chi connectivity index (χ0v) is 12.2. The summed E-state index contributed by atoms with van der Waals surface area (Å²) < 4.78 is 15.4. The number of fused-ring (bicyclic) bond motifs is 1. The van der Waals surface area contributed by atoms with Gasteiger partial charge < -0.3 is 14.2 Å². The van der Waals surface area contributed by atoms with E-state index in [-0.39, 0.29) is 22.8 Å². The van der Waals surface area contributed by atoms with E-state index >= 15 is 0 Å². The van der Waals surface area contributed by atoms with Gasteiger partial charge in [0, 0.05) is 19.8 Å². The number of esters is 3. The average molecular weight is 335 g/mol. The fourth-order valence-electron chi connectivity index (χ4n) is 2.63. The number of halogens is 1. The Morgan fingerprint density at radius 1 is 1.21 bits per heavy atom. The molecule has 1 aliphatic heterocycles. The van der Waals surface area contributed by atoms with Crippen molar-refractivity contribution in [2.75, 3.05) is 0 Å². The van der Waals surface area contributed by atoms with Gasteiger partial charge in [-0.3, -0.25) is 9.59 Å². The van der Waals surface area contributed by atoms with Gasteiger partial charge >= 0.3 is 17.9 Å². The van der Waals surface area contributed by atoms with E-state index in [1.54, 1.807) is 0 Å².